The van der Waals surface area contributed by atoms with Crippen molar-refractivity contribution in [3.63, 3.8) is 0 Å². The van der Waals surface area contributed by atoms with Gasteiger partial charge in [-0.25, -0.2) is 52.3 Å². The summed E-state index contributed by atoms with van der Waals surface area (Å²) in [4.78, 5) is 67.6. The second kappa shape index (κ2) is 10.6. The molecule has 3 aromatic rings. The largest absolute Gasteiger partial charge is 0.455 e. The Hall–Kier alpha value is -4.91. The highest BCUT2D eigenvalue weighted by Gasteiger charge is 2.61. The highest BCUT2D eigenvalue weighted by Crippen LogP contribution is 2.50. The number of esters is 1. The smallest absolute Gasteiger partial charge is 0.352 e. The van der Waals surface area contributed by atoms with Crippen LogP contribution in [-0.4, -0.2) is 52.1 Å². The first-order valence-electron chi connectivity index (χ1n) is 16.1. The summed E-state index contributed by atoms with van der Waals surface area (Å²) in [5.41, 5.74) is -1.09. The van der Waals surface area contributed by atoms with Crippen molar-refractivity contribution in [1.29, 1.82) is 0 Å². The molecule has 7 atom stereocenters. The summed E-state index contributed by atoms with van der Waals surface area (Å²) in [6.07, 6.45) is 7.62. The van der Waals surface area contributed by atoms with Gasteiger partial charge in [0.25, 0.3) is 0 Å². The maximum absolute atomic E-state index is 14.0. The summed E-state index contributed by atoms with van der Waals surface area (Å²) in [6, 6.07) is 7.83. The number of H-pyrrole nitrogens is 1. The van der Waals surface area contributed by atoms with Crippen LogP contribution in [0.1, 0.15) is 46.5 Å². The zero-order valence-electron chi connectivity index (χ0n) is 26.0. The van der Waals surface area contributed by atoms with E-state index in [4.69, 9.17) is 9.47 Å². The number of aromatic nitrogens is 6. The standard InChI is InChI=1S/C34H36N6O7.H2/c1-19-18-37-32(44)39(24-12-11-21-16-22(21)17-24)31(43)36(37)15-7-10-25-20(2)29(41)46-27(25)28-34(3,47-28)14-13-26(19)40-33(45)38(30(42)35-40)23-8-5-4-6-9-23;/h4-6,8-9,11-12,17,21-22,25-28H,1-2,7,10,13-16,18H2,3H3,(H,35,42);1H/t21?,22?,25-,26?,27-,28+,34+;/m0./s1. The Morgan fingerprint density at radius 3 is 2.49 bits per heavy atom. The van der Waals surface area contributed by atoms with Gasteiger partial charge in [0.05, 0.1) is 29.6 Å². The van der Waals surface area contributed by atoms with E-state index in [2.05, 4.69) is 18.3 Å². The molecule has 0 radical (unpaired) electrons. The van der Waals surface area contributed by atoms with Crippen LogP contribution in [0, 0.1) is 17.8 Å². The molecule has 1 aromatic carbocycles. The third-order valence-electron chi connectivity index (χ3n) is 10.5. The normalized spacial score (nSPS) is 31.6. The van der Waals surface area contributed by atoms with Crippen molar-refractivity contribution in [2.45, 2.75) is 76.0 Å². The molecule has 5 aliphatic rings. The quantitative estimate of drug-likeness (QED) is 0.200. The van der Waals surface area contributed by atoms with Crippen LogP contribution in [0.3, 0.4) is 0 Å². The molecule has 0 amide bonds. The van der Waals surface area contributed by atoms with Crippen LogP contribution in [0.4, 0.5) is 0 Å². The van der Waals surface area contributed by atoms with Crippen molar-refractivity contribution < 1.29 is 15.7 Å². The number of carbonyl (C=O) groups excluding carboxylic acids is 1. The average Bonchev–Trinajstić information content (AvgIpc) is 3.90. The number of nitrogens with zero attached hydrogens (tertiary/aromatic N) is 5. The van der Waals surface area contributed by atoms with E-state index >= 15 is 0 Å². The maximum atomic E-state index is 14.0. The van der Waals surface area contributed by atoms with Crippen molar-refractivity contribution in [3.05, 3.63) is 115 Å². The predicted molar refractivity (Wildman–Crippen MR) is 173 cm³/mol. The minimum absolute atomic E-state index is 0. The van der Waals surface area contributed by atoms with E-state index in [1.807, 2.05) is 25.2 Å². The van der Waals surface area contributed by atoms with Crippen molar-refractivity contribution in [2.24, 2.45) is 17.8 Å². The number of para-hydroxylation sites is 1. The molecule has 2 aromatic heterocycles. The molecule has 13 nitrogen and oxygen atoms in total. The van der Waals surface area contributed by atoms with E-state index < -0.39 is 46.5 Å². The molecular formula is C34H38N6O7. The molecule has 2 aliphatic carbocycles. The Morgan fingerprint density at radius 1 is 0.957 bits per heavy atom. The van der Waals surface area contributed by atoms with Crippen LogP contribution in [0.5, 0.6) is 0 Å². The van der Waals surface area contributed by atoms with Gasteiger partial charge in [-0.2, -0.15) is 0 Å². The minimum Gasteiger partial charge on any atom is -0.455 e. The van der Waals surface area contributed by atoms with Gasteiger partial charge in [0, 0.05) is 19.5 Å². The summed E-state index contributed by atoms with van der Waals surface area (Å²) in [5.74, 6) is -0.00812. The van der Waals surface area contributed by atoms with Crippen LogP contribution in [0.15, 0.2) is 92.0 Å². The first kappa shape index (κ1) is 29.5. The number of fused-ring (bicyclic) bond motifs is 5. The summed E-state index contributed by atoms with van der Waals surface area (Å²) >= 11 is 0. The van der Waals surface area contributed by atoms with Gasteiger partial charge in [-0.1, -0.05) is 43.5 Å². The Labute approximate surface area is 269 Å². The molecule has 13 heteroatoms. The number of rotatable bonds is 3. The molecule has 1 N–H and O–H groups in total. The Kier molecular flexibility index (Phi) is 6.62. The third kappa shape index (κ3) is 4.74. The molecule has 0 spiro atoms. The van der Waals surface area contributed by atoms with Crippen LogP contribution in [0.25, 0.3) is 11.4 Å². The van der Waals surface area contributed by atoms with Crippen LogP contribution >= 0.6 is 0 Å². The van der Waals surface area contributed by atoms with Crippen LogP contribution < -0.4 is 22.8 Å². The van der Waals surface area contributed by atoms with Crippen molar-refractivity contribution in [3.8, 4) is 5.69 Å². The van der Waals surface area contributed by atoms with E-state index in [1.165, 1.54) is 18.6 Å². The first-order chi connectivity index (χ1) is 22.6. The molecule has 3 fully saturated rings. The zero-order chi connectivity index (χ0) is 32.8. The number of hydrogen-bond donors (Lipinski definition) is 1. The maximum Gasteiger partial charge on any atom is 0.352 e. The Morgan fingerprint density at radius 2 is 1.72 bits per heavy atom. The molecule has 246 valence electrons. The van der Waals surface area contributed by atoms with Gasteiger partial charge in [-0.3, -0.25) is 0 Å². The van der Waals surface area contributed by atoms with Gasteiger partial charge in [0.1, 0.15) is 12.2 Å². The topological polar surface area (TPSA) is 148 Å². The molecule has 2 saturated heterocycles. The Bertz CT molecular complexity index is 2140. The predicted octanol–water partition coefficient (Wildman–Crippen LogP) is 2.37. The fourth-order valence-corrected chi connectivity index (χ4v) is 7.63. The number of carbonyl (C=O) groups is 1. The summed E-state index contributed by atoms with van der Waals surface area (Å²) in [5, 5.41) is 2.70. The number of allylic oxidation sites excluding steroid dienone is 5. The number of aromatic amines is 1. The van der Waals surface area contributed by atoms with E-state index in [0.29, 0.717) is 60.0 Å². The molecular weight excluding hydrogens is 604 g/mol. The van der Waals surface area contributed by atoms with E-state index in [9.17, 15) is 24.0 Å². The molecule has 0 bridgehead atoms. The van der Waals surface area contributed by atoms with E-state index in [1.54, 1.807) is 30.3 Å². The average molecular weight is 643 g/mol. The number of epoxide rings is 1. The second-order valence-electron chi connectivity index (χ2n) is 13.5. The molecule has 8 rings (SSSR count). The minimum atomic E-state index is -0.763. The molecule has 5 heterocycles. The lowest BCUT2D eigenvalue weighted by Crippen LogP contribution is -2.34. The fraction of sp³-hybridized carbons (Fsp3) is 0.441. The summed E-state index contributed by atoms with van der Waals surface area (Å²) in [7, 11) is 0. The number of ether oxygens (including phenoxy) is 2. The first-order valence-corrected chi connectivity index (χ1v) is 16.1. The third-order valence-corrected chi connectivity index (χ3v) is 10.5. The monoisotopic (exact) mass is 642 g/mol. The van der Waals surface area contributed by atoms with E-state index in [0.717, 1.165) is 11.0 Å². The van der Waals surface area contributed by atoms with Crippen LogP contribution in [-0.2, 0) is 27.4 Å². The second-order valence-corrected chi connectivity index (χ2v) is 13.5. The highest BCUT2D eigenvalue weighted by atomic mass is 16.6. The van der Waals surface area contributed by atoms with Gasteiger partial charge >= 0.3 is 28.7 Å². The van der Waals surface area contributed by atoms with Gasteiger partial charge in [0.15, 0.2) is 0 Å². The molecule has 1 saturated carbocycles. The van der Waals surface area contributed by atoms with Gasteiger partial charge in [0.2, 0.25) is 0 Å². The molecule has 3 aliphatic heterocycles. The van der Waals surface area contributed by atoms with Gasteiger partial charge < -0.3 is 9.47 Å². The molecule has 47 heavy (non-hydrogen) atoms. The van der Waals surface area contributed by atoms with Crippen LogP contribution in [0.2, 0.25) is 0 Å². The van der Waals surface area contributed by atoms with Gasteiger partial charge in [-0.15, -0.1) is 0 Å². The highest BCUT2D eigenvalue weighted by molar-refractivity contribution is 5.91. The lowest BCUT2D eigenvalue weighted by atomic mass is 9.85. The SMILES string of the molecule is C=C1Cn2c(=O)n(C3=CC4CC4C=C3)c(=O)n2CCC[C@H]2C(=C)C(=O)O[C@@H]2[C@H]2O[C@]2(C)CCC1n1[nH]c(=O)n(-c2ccccc2)c1=O.[HH]. The number of hydrogen-bond acceptors (Lipinski definition) is 7. The Balaban J connectivity index is 0.00000364. The number of benzene rings is 1. The number of nitrogens with one attached hydrogen (secondary N) is 1. The van der Waals surface area contributed by atoms with Gasteiger partial charge in [-0.05, 0) is 74.6 Å². The summed E-state index contributed by atoms with van der Waals surface area (Å²) in [6.45, 7) is 10.4. The zero-order valence-corrected chi connectivity index (χ0v) is 26.0. The van der Waals surface area contributed by atoms with Crippen molar-refractivity contribution in [2.75, 3.05) is 0 Å². The lowest BCUT2D eigenvalue weighted by molar-refractivity contribution is -0.140. The van der Waals surface area contributed by atoms with Crippen molar-refractivity contribution in [1.82, 2.24) is 28.3 Å². The lowest BCUT2D eigenvalue weighted by Gasteiger charge is -2.23. The summed E-state index contributed by atoms with van der Waals surface area (Å²) < 4.78 is 18.2. The molecule has 3 unspecified atom stereocenters. The van der Waals surface area contributed by atoms with E-state index in [-0.39, 0.29) is 26.5 Å². The van der Waals surface area contributed by atoms with Crippen molar-refractivity contribution >= 4 is 11.7 Å². The fourth-order valence-electron chi connectivity index (χ4n) is 7.63.